The Kier molecular flexibility index (Phi) is 11.0. The summed E-state index contributed by atoms with van der Waals surface area (Å²) in [6.07, 6.45) is -2.10. The quantitative estimate of drug-likeness (QED) is 0.310. The first-order valence-electron chi connectivity index (χ1n) is 13.4. The second-order valence-corrected chi connectivity index (χ2v) is 10.7. The number of carbonyl (C=O) groups is 2. The molecule has 0 unspecified atom stereocenters. The van der Waals surface area contributed by atoms with Gasteiger partial charge in [0.2, 0.25) is 0 Å². The number of methoxy groups -OCH3 is 1. The van der Waals surface area contributed by atoms with Crippen LogP contribution in [0.15, 0.2) is 84.9 Å². The monoisotopic (exact) mass is 548 g/mol. The molecule has 2 N–H and O–H groups in total. The number of benzene rings is 3. The van der Waals surface area contributed by atoms with E-state index >= 15 is 0 Å². The van der Waals surface area contributed by atoms with Crippen molar-refractivity contribution in [3.05, 3.63) is 102 Å². The normalized spacial score (nSPS) is 13.4. The molecule has 0 saturated carbocycles. The van der Waals surface area contributed by atoms with Gasteiger partial charge in [-0.05, 0) is 62.9 Å². The second-order valence-electron chi connectivity index (χ2n) is 10.7. The first kappa shape index (κ1) is 30.5. The number of aliphatic hydroxyl groups is 1. The van der Waals surface area contributed by atoms with Crippen LogP contribution in [0.4, 0.5) is 9.59 Å². The predicted octanol–water partition coefficient (Wildman–Crippen LogP) is 5.89. The van der Waals surface area contributed by atoms with Gasteiger partial charge in [-0.25, -0.2) is 9.59 Å². The van der Waals surface area contributed by atoms with Crippen molar-refractivity contribution in [1.29, 1.82) is 0 Å². The van der Waals surface area contributed by atoms with Gasteiger partial charge >= 0.3 is 12.2 Å². The number of carbonyl (C=O) groups excluding carboxylic acids is 2. The number of nitrogens with one attached hydrogen (secondary N) is 1. The van der Waals surface area contributed by atoms with Gasteiger partial charge < -0.3 is 24.6 Å². The zero-order valence-electron chi connectivity index (χ0n) is 23.9. The van der Waals surface area contributed by atoms with Crippen LogP contribution in [0.1, 0.15) is 50.4 Å². The van der Waals surface area contributed by atoms with Crippen LogP contribution in [0.25, 0.3) is 0 Å². The molecule has 214 valence electrons. The smallest absolute Gasteiger partial charge is 0.410 e. The van der Waals surface area contributed by atoms with Gasteiger partial charge in [-0.1, -0.05) is 72.8 Å². The number of aliphatic hydroxyl groups excluding tert-OH is 1. The maximum atomic E-state index is 13.5. The number of amides is 2. The van der Waals surface area contributed by atoms with Crippen LogP contribution < -0.4 is 10.1 Å². The molecule has 3 aromatic rings. The van der Waals surface area contributed by atoms with Gasteiger partial charge in [0.05, 0.1) is 19.2 Å². The van der Waals surface area contributed by atoms with Crippen molar-refractivity contribution in [1.82, 2.24) is 10.2 Å². The number of nitrogens with zero attached hydrogens (tertiary/aromatic N) is 1. The molecule has 3 atom stereocenters. The van der Waals surface area contributed by atoms with Crippen LogP contribution in [-0.4, -0.2) is 53.7 Å². The molecule has 8 nitrogen and oxygen atoms in total. The highest BCUT2D eigenvalue weighted by Gasteiger charge is 2.29. The Bertz CT molecular complexity index is 1210. The van der Waals surface area contributed by atoms with Crippen molar-refractivity contribution in [3.63, 3.8) is 0 Å². The number of rotatable bonds is 11. The van der Waals surface area contributed by atoms with E-state index in [4.69, 9.17) is 14.2 Å². The Morgan fingerprint density at radius 3 is 2.15 bits per heavy atom. The van der Waals surface area contributed by atoms with Gasteiger partial charge in [0.1, 0.15) is 24.1 Å². The van der Waals surface area contributed by atoms with Gasteiger partial charge in [-0.15, -0.1) is 0 Å². The summed E-state index contributed by atoms with van der Waals surface area (Å²) in [6, 6.07) is 25.5. The Hall–Kier alpha value is -4.04. The summed E-state index contributed by atoms with van der Waals surface area (Å²) in [5, 5.41) is 13.8. The Balaban J connectivity index is 1.76. The maximum absolute atomic E-state index is 13.5. The summed E-state index contributed by atoms with van der Waals surface area (Å²) < 4.78 is 16.4. The summed E-state index contributed by atoms with van der Waals surface area (Å²) in [5.41, 5.74) is 2.02. The van der Waals surface area contributed by atoms with Gasteiger partial charge in [0.15, 0.2) is 0 Å². The lowest BCUT2D eigenvalue weighted by Crippen LogP contribution is -2.49. The standard InChI is InChI=1S/C32H40N2O6/c1-23(26-17-12-18-27(20-26)38-5)34(21-25-15-10-7-11-16-25)31(37)39-22-29(35)28(19-24-13-8-6-9-14-24)33-30(36)40-32(2,3)4/h6-18,20,23,28-29,35H,19,21-22H2,1-5H3,(H,33,36)/t23-,28-,29-/m0/s1. The molecule has 0 bridgehead atoms. The largest absolute Gasteiger partial charge is 0.497 e. The SMILES string of the molecule is COc1cccc([C@H](C)N(Cc2ccccc2)C(=O)OC[C@H](O)[C@H](Cc2ccccc2)NC(=O)OC(C)(C)C)c1. The highest BCUT2D eigenvalue weighted by atomic mass is 16.6. The first-order valence-corrected chi connectivity index (χ1v) is 13.4. The third kappa shape index (κ3) is 9.61. The minimum atomic E-state index is -1.18. The molecule has 0 fully saturated rings. The first-order chi connectivity index (χ1) is 19.1. The lowest BCUT2D eigenvalue weighted by Gasteiger charge is -2.31. The molecule has 0 radical (unpaired) electrons. The summed E-state index contributed by atoms with van der Waals surface area (Å²) >= 11 is 0. The third-order valence-electron chi connectivity index (χ3n) is 6.32. The topological polar surface area (TPSA) is 97.3 Å². The van der Waals surface area contributed by atoms with Crippen LogP contribution in [0, 0.1) is 0 Å². The zero-order valence-corrected chi connectivity index (χ0v) is 23.9. The molecule has 2 amide bonds. The molecular formula is C32H40N2O6. The summed E-state index contributed by atoms with van der Waals surface area (Å²) in [5.74, 6) is 0.685. The maximum Gasteiger partial charge on any atom is 0.410 e. The fraction of sp³-hybridized carbons (Fsp3) is 0.375. The van der Waals surface area contributed by atoms with Gasteiger partial charge in [0.25, 0.3) is 0 Å². The molecule has 8 heteroatoms. The average Bonchev–Trinajstić information content (AvgIpc) is 2.94. The third-order valence-corrected chi connectivity index (χ3v) is 6.32. The van der Waals surface area contributed by atoms with Crippen molar-refractivity contribution >= 4 is 12.2 Å². The molecule has 0 heterocycles. The van der Waals surface area contributed by atoms with Crippen molar-refractivity contribution in [2.24, 2.45) is 0 Å². The summed E-state index contributed by atoms with van der Waals surface area (Å²) in [7, 11) is 1.60. The molecule has 40 heavy (non-hydrogen) atoms. The van der Waals surface area contributed by atoms with Crippen molar-refractivity contribution in [2.75, 3.05) is 13.7 Å². The Labute approximate surface area is 236 Å². The van der Waals surface area contributed by atoms with Gasteiger partial charge in [-0.2, -0.15) is 0 Å². The van der Waals surface area contributed by atoms with E-state index in [1.165, 1.54) is 0 Å². The van der Waals surface area contributed by atoms with Crippen LogP contribution >= 0.6 is 0 Å². The van der Waals surface area contributed by atoms with E-state index in [2.05, 4.69) is 5.32 Å². The van der Waals surface area contributed by atoms with Crippen LogP contribution in [0.3, 0.4) is 0 Å². The van der Waals surface area contributed by atoms with E-state index in [1.807, 2.05) is 91.9 Å². The number of ether oxygens (including phenoxy) is 3. The van der Waals surface area contributed by atoms with E-state index in [0.717, 1.165) is 16.7 Å². The fourth-order valence-corrected chi connectivity index (χ4v) is 4.19. The van der Waals surface area contributed by atoms with Gasteiger partial charge in [-0.3, -0.25) is 4.90 Å². The van der Waals surface area contributed by atoms with E-state index < -0.39 is 29.9 Å². The van der Waals surface area contributed by atoms with Crippen molar-refractivity contribution in [3.8, 4) is 5.75 Å². The summed E-state index contributed by atoms with van der Waals surface area (Å²) in [4.78, 5) is 27.6. The molecule has 0 aliphatic heterocycles. The van der Waals surface area contributed by atoms with E-state index in [1.54, 1.807) is 32.8 Å². The minimum Gasteiger partial charge on any atom is -0.497 e. The highest BCUT2D eigenvalue weighted by Crippen LogP contribution is 2.26. The number of hydrogen-bond acceptors (Lipinski definition) is 6. The Morgan fingerprint density at radius 2 is 1.55 bits per heavy atom. The van der Waals surface area contributed by atoms with Crippen molar-refractivity contribution in [2.45, 2.75) is 64.4 Å². The number of hydrogen-bond donors (Lipinski definition) is 2. The fourth-order valence-electron chi connectivity index (χ4n) is 4.19. The van der Waals surface area contributed by atoms with E-state index in [0.29, 0.717) is 18.7 Å². The second kappa shape index (κ2) is 14.4. The molecule has 3 rings (SSSR count). The Morgan fingerprint density at radius 1 is 0.925 bits per heavy atom. The van der Waals surface area contributed by atoms with Crippen LogP contribution in [0.5, 0.6) is 5.75 Å². The molecule has 3 aromatic carbocycles. The highest BCUT2D eigenvalue weighted by molar-refractivity contribution is 5.69. The lowest BCUT2D eigenvalue weighted by molar-refractivity contribution is 0.0154. The molecule has 0 saturated heterocycles. The minimum absolute atomic E-state index is 0.303. The molecule has 0 aliphatic rings. The molecule has 0 spiro atoms. The molecular weight excluding hydrogens is 508 g/mol. The van der Waals surface area contributed by atoms with Gasteiger partial charge in [0, 0.05) is 6.54 Å². The number of alkyl carbamates (subject to hydrolysis) is 1. The van der Waals surface area contributed by atoms with Crippen molar-refractivity contribution < 1.29 is 28.9 Å². The lowest BCUT2D eigenvalue weighted by atomic mass is 10.0. The average molecular weight is 549 g/mol. The van der Waals surface area contributed by atoms with Crippen LogP contribution in [-0.2, 0) is 22.4 Å². The van der Waals surface area contributed by atoms with Crippen LogP contribution in [0.2, 0.25) is 0 Å². The molecule has 0 aliphatic carbocycles. The van der Waals surface area contributed by atoms with E-state index in [9.17, 15) is 14.7 Å². The van der Waals surface area contributed by atoms with E-state index in [-0.39, 0.29) is 12.6 Å². The zero-order chi connectivity index (χ0) is 29.1. The molecule has 0 aromatic heterocycles. The summed E-state index contributed by atoms with van der Waals surface area (Å²) in [6.45, 7) is 7.20. The predicted molar refractivity (Wildman–Crippen MR) is 154 cm³/mol.